The molecule has 2 nitrogen and oxygen atoms in total. The minimum atomic E-state index is 0.774. The standard InChI is InChI=1S/C16H17ClN2/c1-19-8-7-14-13(5-6-16(18)15(14)10-19)11-3-2-4-12(17)9-11/h2-6,9H,7-8,10,18H2,1H3. The van der Waals surface area contributed by atoms with E-state index in [2.05, 4.69) is 24.1 Å². The van der Waals surface area contributed by atoms with E-state index >= 15 is 0 Å². The number of nitrogens with zero attached hydrogens (tertiary/aromatic N) is 1. The second-order valence-corrected chi connectivity index (χ2v) is 5.59. The van der Waals surface area contributed by atoms with E-state index in [0.29, 0.717) is 0 Å². The Kier molecular flexibility index (Phi) is 3.21. The number of likely N-dealkylation sites (N-methyl/N-ethyl adjacent to an activating group) is 1. The molecule has 0 aromatic heterocycles. The van der Waals surface area contributed by atoms with Crippen LogP contribution < -0.4 is 5.73 Å². The molecular formula is C16H17ClN2. The Morgan fingerprint density at radius 2 is 2.00 bits per heavy atom. The number of fused-ring (bicyclic) bond motifs is 1. The molecule has 3 rings (SSSR count). The van der Waals surface area contributed by atoms with Crippen LogP contribution in [0.5, 0.6) is 0 Å². The molecule has 1 aliphatic rings. The topological polar surface area (TPSA) is 29.3 Å². The predicted molar refractivity (Wildman–Crippen MR) is 81.3 cm³/mol. The van der Waals surface area contributed by atoms with Gasteiger partial charge in [0.1, 0.15) is 0 Å². The molecular weight excluding hydrogens is 256 g/mol. The quantitative estimate of drug-likeness (QED) is 0.804. The lowest BCUT2D eigenvalue weighted by molar-refractivity contribution is 0.314. The Labute approximate surface area is 118 Å². The molecule has 0 amide bonds. The molecule has 0 atom stereocenters. The number of halogens is 1. The van der Waals surface area contributed by atoms with Crippen LogP contribution in [0, 0.1) is 0 Å². The second-order valence-electron chi connectivity index (χ2n) is 5.16. The van der Waals surface area contributed by atoms with Crippen molar-refractivity contribution in [2.75, 3.05) is 19.3 Å². The van der Waals surface area contributed by atoms with Crippen LogP contribution >= 0.6 is 11.6 Å². The number of nitrogen functional groups attached to an aromatic ring is 1. The molecule has 0 spiro atoms. The van der Waals surface area contributed by atoms with Crippen molar-refractivity contribution in [3.63, 3.8) is 0 Å². The summed E-state index contributed by atoms with van der Waals surface area (Å²) in [6.07, 6.45) is 1.04. The first-order valence-electron chi connectivity index (χ1n) is 6.50. The number of rotatable bonds is 1. The molecule has 1 heterocycles. The van der Waals surface area contributed by atoms with Crippen LogP contribution in [0.3, 0.4) is 0 Å². The highest BCUT2D eigenvalue weighted by atomic mass is 35.5. The molecule has 2 aromatic carbocycles. The van der Waals surface area contributed by atoms with Crippen LogP contribution in [0.2, 0.25) is 5.02 Å². The van der Waals surface area contributed by atoms with Crippen molar-refractivity contribution in [2.45, 2.75) is 13.0 Å². The fraction of sp³-hybridized carbons (Fsp3) is 0.250. The van der Waals surface area contributed by atoms with Gasteiger partial charge in [0, 0.05) is 23.8 Å². The number of hydrogen-bond donors (Lipinski definition) is 1. The highest BCUT2D eigenvalue weighted by Crippen LogP contribution is 2.34. The third-order valence-corrected chi connectivity index (χ3v) is 4.01. The summed E-state index contributed by atoms with van der Waals surface area (Å²) in [7, 11) is 2.13. The highest BCUT2D eigenvalue weighted by molar-refractivity contribution is 6.30. The molecule has 3 heteroatoms. The highest BCUT2D eigenvalue weighted by Gasteiger charge is 2.19. The zero-order chi connectivity index (χ0) is 13.4. The summed E-state index contributed by atoms with van der Waals surface area (Å²) in [6.45, 7) is 2.00. The monoisotopic (exact) mass is 272 g/mol. The Bertz CT molecular complexity index is 622. The minimum absolute atomic E-state index is 0.774. The average Bonchev–Trinajstić information content (AvgIpc) is 2.40. The summed E-state index contributed by atoms with van der Waals surface area (Å²) in [6, 6.07) is 12.2. The first-order valence-corrected chi connectivity index (χ1v) is 6.87. The third kappa shape index (κ3) is 2.34. The molecule has 0 fully saturated rings. The van der Waals surface area contributed by atoms with Gasteiger partial charge in [-0.3, -0.25) is 0 Å². The van der Waals surface area contributed by atoms with Crippen LogP contribution in [0.25, 0.3) is 11.1 Å². The van der Waals surface area contributed by atoms with E-state index in [1.165, 1.54) is 22.3 Å². The van der Waals surface area contributed by atoms with Gasteiger partial charge >= 0.3 is 0 Å². The van der Waals surface area contributed by atoms with E-state index in [9.17, 15) is 0 Å². The lowest BCUT2D eigenvalue weighted by Crippen LogP contribution is -2.27. The Morgan fingerprint density at radius 1 is 1.16 bits per heavy atom. The fourth-order valence-electron chi connectivity index (χ4n) is 2.76. The summed E-state index contributed by atoms with van der Waals surface area (Å²) in [5, 5.41) is 0.774. The molecule has 1 aliphatic heterocycles. The van der Waals surface area contributed by atoms with Crippen LogP contribution in [0.15, 0.2) is 36.4 Å². The van der Waals surface area contributed by atoms with Gasteiger partial charge in [0.15, 0.2) is 0 Å². The molecule has 19 heavy (non-hydrogen) atoms. The van der Waals surface area contributed by atoms with Gasteiger partial charge in [0.25, 0.3) is 0 Å². The van der Waals surface area contributed by atoms with Crippen molar-refractivity contribution in [3.8, 4) is 11.1 Å². The summed E-state index contributed by atoms with van der Waals surface area (Å²) in [5.41, 5.74) is 12.1. The number of benzene rings is 2. The summed E-state index contributed by atoms with van der Waals surface area (Å²) in [4.78, 5) is 2.31. The smallest absolute Gasteiger partial charge is 0.0412 e. The molecule has 0 unspecified atom stereocenters. The van der Waals surface area contributed by atoms with Crippen molar-refractivity contribution < 1.29 is 0 Å². The van der Waals surface area contributed by atoms with E-state index in [-0.39, 0.29) is 0 Å². The van der Waals surface area contributed by atoms with Crippen LogP contribution in [0.4, 0.5) is 5.69 Å². The first-order chi connectivity index (χ1) is 9.15. The summed E-state index contributed by atoms with van der Waals surface area (Å²) < 4.78 is 0. The van der Waals surface area contributed by atoms with Crippen molar-refractivity contribution in [1.82, 2.24) is 4.90 Å². The zero-order valence-electron chi connectivity index (χ0n) is 11.0. The molecule has 0 aliphatic carbocycles. The van der Waals surface area contributed by atoms with E-state index in [1.54, 1.807) is 0 Å². The Hall–Kier alpha value is -1.51. The van der Waals surface area contributed by atoms with Crippen LogP contribution in [0.1, 0.15) is 11.1 Å². The van der Waals surface area contributed by atoms with Gasteiger partial charge in [-0.1, -0.05) is 29.8 Å². The van der Waals surface area contributed by atoms with Crippen molar-refractivity contribution in [3.05, 3.63) is 52.5 Å². The largest absolute Gasteiger partial charge is 0.398 e. The van der Waals surface area contributed by atoms with E-state index in [0.717, 1.165) is 30.2 Å². The maximum Gasteiger partial charge on any atom is 0.0412 e. The van der Waals surface area contributed by atoms with Crippen LogP contribution in [-0.2, 0) is 13.0 Å². The van der Waals surface area contributed by atoms with Gasteiger partial charge in [-0.2, -0.15) is 0 Å². The first kappa shape index (κ1) is 12.5. The number of nitrogens with two attached hydrogens (primary N) is 1. The normalized spacial score (nSPS) is 15.3. The van der Waals surface area contributed by atoms with Crippen molar-refractivity contribution in [2.24, 2.45) is 0 Å². The second kappa shape index (κ2) is 4.87. The van der Waals surface area contributed by atoms with E-state index in [4.69, 9.17) is 17.3 Å². The predicted octanol–water partition coefficient (Wildman–Crippen LogP) is 3.58. The molecule has 2 N–H and O–H groups in total. The average molecular weight is 273 g/mol. The van der Waals surface area contributed by atoms with Gasteiger partial charge in [-0.15, -0.1) is 0 Å². The molecule has 0 saturated carbocycles. The lowest BCUT2D eigenvalue weighted by Gasteiger charge is -2.28. The molecule has 2 aromatic rings. The summed E-state index contributed by atoms with van der Waals surface area (Å²) >= 11 is 6.10. The van der Waals surface area contributed by atoms with Gasteiger partial charge in [0.05, 0.1) is 0 Å². The van der Waals surface area contributed by atoms with Crippen molar-refractivity contribution >= 4 is 17.3 Å². The maximum atomic E-state index is 6.13. The van der Waals surface area contributed by atoms with Gasteiger partial charge in [-0.25, -0.2) is 0 Å². The van der Waals surface area contributed by atoms with Gasteiger partial charge in [0.2, 0.25) is 0 Å². The SMILES string of the molecule is CN1CCc2c(-c3cccc(Cl)c3)ccc(N)c2C1. The molecule has 0 radical (unpaired) electrons. The van der Waals surface area contributed by atoms with Gasteiger partial charge < -0.3 is 10.6 Å². The molecule has 0 bridgehead atoms. The number of hydrogen-bond acceptors (Lipinski definition) is 2. The zero-order valence-corrected chi connectivity index (χ0v) is 11.7. The van der Waals surface area contributed by atoms with E-state index < -0.39 is 0 Å². The maximum absolute atomic E-state index is 6.13. The fourth-order valence-corrected chi connectivity index (χ4v) is 2.95. The van der Waals surface area contributed by atoms with Crippen LogP contribution in [-0.4, -0.2) is 18.5 Å². The summed E-state index contributed by atoms with van der Waals surface area (Å²) in [5.74, 6) is 0. The minimum Gasteiger partial charge on any atom is -0.398 e. The molecule has 98 valence electrons. The van der Waals surface area contributed by atoms with Crippen molar-refractivity contribution in [1.29, 1.82) is 0 Å². The Morgan fingerprint density at radius 3 is 2.79 bits per heavy atom. The lowest BCUT2D eigenvalue weighted by atomic mass is 9.90. The third-order valence-electron chi connectivity index (χ3n) is 3.77. The van der Waals surface area contributed by atoms with Gasteiger partial charge in [-0.05, 0) is 53.9 Å². The number of anilines is 1. The van der Waals surface area contributed by atoms with E-state index in [1.807, 2.05) is 24.3 Å². The molecule has 0 saturated heterocycles. The Balaban J connectivity index is 2.15.